The molecule has 80 valence electrons. The zero-order chi connectivity index (χ0) is 10.1. The fraction of sp³-hybridized carbons (Fsp3) is 0.182. The van der Waals surface area contributed by atoms with Gasteiger partial charge in [0.05, 0.1) is 23.3 Å². The molecule has 2 rings (SSSR count). The molecule has 0 fully saturated rings. The number of rotatable bonds is 1. The minimum Gasteiger partial charge on any atom is -0.496 e. The summed E-state index contributed by atoms with van der Waals surface area (Å²) in [5.41, 5.74) is 1.75. The number of pyridine rings is 1. The third-order valence-electron chi connectivity index (χ3n) is 2.17. The van der Waals surface area contributed by atoms with Crippen LogP contribution >= 0.6 is 24.0 Å². The first-order chi connectivity index (χ1) is 6.72. The van der Waals surface area contributed by atoms with Crippen molar-refractivity contribution in [2.75, 3.05) is 7.11 Å². The first-order valence-corrected chi connectivity index (χ1v) is 4.70. The number of hydrogen-bond acceptors (Lipinski definition) is 2. The Kier molecular flexibility index (Phi) is 3.77. The van der Waals surface area contributed by atoms with Crippen molar-refractivity contribution >= 4 is 34.9 Å². The molecule has 0 atom stereocenters. The molecule has 1 aromatic carbocycles. The van der Waals surface area contributed by atoms with Gasteiger partial charge in [0.25, 0.3) is 0 Å². The number of nitrogens with zero attached hydrogens (tertiary/aromatic N) is 1. The molecule has 0 N–H and O–H groups in total. The molecule has 0 saturated heterocycles. The largest absolute Gasteiger partial charge is 0.496 e. The Bertz CT molecular complexity index is 485. The zero-order valence-electron chi connectivity index (χ0n) is 8.45. The van der Waals surface area contributed by atoms with Crippen LogP contribution in [0.4, 0.5) is 0 Å². The van der Waals surface area contributed by atoms with Gasteiger partial charge >= 0.3 is 0 Å². The Hall–Kier alpha value is -0.990. The van der Waals surface area contributed by atoms with Crippen molar-refractivity contribution in [1.82, 2.24) is 4.98 Å². The lowest BCUT2D eigenvalue weighted by Gasteiger charge is -2.06. The van der Waals surface area contributed by atoms with Gasteiger partial charge in [-0.05, 0) is 25.1 Å². The molecule has 2 aromatic rings. The van der Waals surface area contributed by atoms with Crippen LogP contribution < -0.4 is 4.74 Å². The van der Waals surface area contributed by atoms with E-state index in [1.54, 1.807) is 7.11 Å². The van der Waals surface area contributed by atoms with Gasteiger partial charge in [0, 0.05) is 5.39 Å². The van der Waals surface area contributed by atoms with E-state index in [1.807, 2.05) is 31.2 Å². The van der Waals surface area contributed by atoms with Gasteiger partial charge in [0.15, 0.2) is 0 Å². The highest BCUT2D eigenvalue weighted by molar-refractivity contribution is 6.31. The van der Waals surface area contributed by atoms with Crippen molar-refractivity contribution in [3.05, 3.63) is 35.0 Å². The molecule has 0 aliphatic heterocycles. The molecule has 0 bridgehead atoms. The van der Waals surface area contributed by atoms with Gasteiger partial charge in [-0.2, -0.15) is 0 Å². The topological polar surface area (TPSA) is 22.1 Å². The smallest absolute Gasteiger partial charge is 0.128 e. The summed E-state index contributed by atoms with van der Waals surface area (Å²) < 4.78 is 5.22. The highest BCUT2D eigenvalue weighted by atomic mass is 35.5. The highest BCUT2D eigenvalue weighted by Crippen LogP contribution is 2.27. The maximum absolute atomic E-state index is 6.00. The van der Waals surface area contributed by atoms with E-state index >= 15 is 0 Å². The minimum absolute atomic E-state index is 0. The molecule has 0 saturated carbocycles. The lowest BCUT2D eigenvalue weighted by molar-refractivity contribution is 0.420. The number of ether oxygens (including phenoxy) is 1. The summed E-state index contributed by atoms with van der Waals surface area (Å²) in [6, 6.07) is 7.65. The zero-order valence-corrected chi connectivity index (χ0v) is 10.0. The van der Waals surface area contributed by atoms with E-state index in [0.717, 1.165) is 22.3 Å². The third-order valence-corrected chi connectivity index (χ3v) is 2.55. The van der Waals surface area contributed by atoms with Crippen molar-refractivity contribution in [1.29, 1.82) is 0 Å². The summed E-state index contributed by atoms with van der Waals surface area (Å²) >= 11 is 6.00. The summed E-state index contributed by atoms with van der Waals surface area (Å²) in [4.78, 5) is 4.37. The van der Waals surface area contributed by atoms with Gasteiger partial charge in [0.1, 0.15) is 5.75 Å². The summed E-state index contributed by atoms with van der Waals surface area (Å²) in [7, 11) is 1.64. The van der Waals surface area contributed by atoms with Crippen molar-refractivity contribution < 1.29 is 4.74 Å². The predicted molar refractivity (Wildman–Crippen MR) is 65.3 cm³/mol. The fourth-order valence-electron chi connectivity index (χ4n) is 1.42. The van der Waals surface area contributed by atoms with Gasteiger partial charge < -0.3 is 4.74 Å². The SMILES string of the molecule is COc1cccc2nc(C)c(Cl)cc12.Cl. The fourth-order valence-corrected chi connectivity index (χ4v) is 1.57. The Balaban J connectivity index is 0.00000112. The average Bonchev–Trinajstić information content (AvgIpc) is 2.19. The lowest BCUT2D eigenvalue weighted by atomic mass is 10.2. The van der Waals surface area contributed by atoms with Crippen LogP contribution in [0.2, 0.25) is 5.02 Å². The van der Waals surface area contributed by atoms with Crippen LogP contribution in [0, 0.1) is 6.92 Å². The van der Waals surface area contributed by atoms with E-state index in [9.17, 15) is 0 Å². The third kappa shape index (κ3) is 2.16. The quantitative estimate of drug-likeness (QED) is 0.764. The second-order valence-corrected chi connectivity index (χ2v) is 3.49. The summed E-state index contributed by atoms with van der Waals surface area (Å²) in [5.74, 6) is 0.803. The maximum Gasteiger partial charge on any atom is 0.128 e. The molecule has 1 aromatic heterocycles. The predicted octanol–water partition coefficient (Wildman–Crippen LogP) is 3.63. The number of aryl methyl sites for hydroxylation is 1. The second kappa shape index (κ2) is 4.69. The lowest BCUT2D eigenvalue weighted by Crippen LogP contribution is -1.89. The van der Waals surface area contributed by atoms with Crippen molar-refractivity contribution in [2.45, 2.75) is 6.92 Å². The summed E-state index contributed by atoms with van der Waals surface area (Å²) in [6.07, 6.45) is 0. The molecule has 0 radical (unpaired) electrons. The maximum atomic E-state index is 6.00. The number of methoxy groups -OCH3 is 1. The molecule has 0 spiro atoms. The molecule has 4 heteroatoms. The van der Waals surface area contributed by atoms with Gasteiger partial charge in [0.2, 0.25) is 0 Å². The van der Waals surface area contributed by atoms with Crippen LogP contribution in [0.25, 0.3) is 10.9 Å². The van der Waals surface area contributed by atoms with Crippen molar-refractivity contribution in [2.24, 2.45) is 0 Å². The molecule has 2 nitrogen and oxygen atoms in total. The molecule has 0 unspecified atom stereocenters. The number of aromatic nitrogens is 1. The number of benzene rings is 1. The highest BCUT2D eigenvalue weighted by Gasteiger charge is 2.04. The van der Waals surface area contributed by atoms with Crippen LogP contribution in [0.3, 0.4) is 0 Å². The van der Waals surface area contributed by atoms with Crippen LogP contribution in [0.5, 0.6) is 5.75 Å². The van der Waals surface area contributed by atoms with Crippen molar-refractivity contribution in [3.63, 3.8) is 0 Å². The van der Waals surface area contributed by atoms with Gasteiger partial charge in [-0.3, -0.25) is 4.98 Å². The average molecular weight is 244 g/mol. The van der Waals surface area contributed by atoms with Crippen LogP contribution in [-0.2, 0) is 0 Å². The first kappa shape index (κ1) is 12.1. The van der Waals surface area contributed by atoms with Gasteiger partial charge in [-0.15, -0.1) is 12.4 Å². The molecule has 0 aliphatic carbocycles. The molecule has 15 heavy (non-hydrogen) atoms. The second-order valence-electron chi connectivity index (χ2n) is 3.08. The monoisotopic (exact) mass is 243 g/mol. The molecule has 0 aliphatic rings. The standard InChI is InChI=1S/C11H10ClNO.ClH/c1-7-9(12)6-8-10(13-7)4-3-5-11(8)14-2;/h3-6H,1-2H3;1H. The molecule has 1 heterocycles. The Morgan fingerprint density at radius 1 is 1.33 bits per heavy atom. The Morgan fingerprint density at radius 2 is 2.07 bits per heavy atom. The van der Waals surface area contributed by atoms with Gasteiger partial charge in [-0.1, -0.05) is 17.7 Å². The van der Waals surface area contributed by atoms with E-state index in [-0.39, 0.29) is 12.4 Å². The van der Waals surface area contributed by atoms with E-state index in [0.29, 0.717) is 5.02 Å². The normalized spacial score (nSPS) is 9.80. The number of hydrogen-bond donors (Lipinski definition) is 0. The van der Waals surface area contributed by atoms with E-state index < -0.39 is 0 Å². The summed E-state index contributed by atoms with van der Waals surface area (Å²) in [6.45, 7) is 1.89. The van der Waals surface area contributed by atoms with E-state index in [4.69, 9.17) is 16.3 Å². The van der Waals surface area contributed by atoms with E-state index in [2.05, 4.69) is 4.98 Å². The summed E-state index contributed by atoms with van der Waals surface area (Å²) in [5, 5.41) is 1.62. The Morgan fingerprint density at radius 3 is 2.73 bits per heavy atom. The van der Waals surface area contributed by atoms with Crippen LogP contribution in [-0.4, -0.2) is 12.1 Å². The van der Waals surface area contributed by atoms with Crippen LogP contribution in [0.1, 0.15) is 5.69 Å². The molecular weight excluding hydrogens is 233 g/mol. The van der Waals surface area contributed by atoms with Crippen LogP contribution in [0.15, 0.2) is 24.3 Å². The number of halogens is 2. The minimum atomic E-state index is 0. The molecule has 0 amide bonds. The molecular formula is C11H11Cl2NO. The Labute approximate surface area is 99.6 Å². The van der Waals surface area contributed by atoms with Gasteiger partial charge in [-0.25, -0.2) is 0 Å². The van der Waals surface area contributed by atoms with E-state index in [1.165, 1.54) is 0 Å². The number of fused-ring (bicyclic) bond motifs is 1. The van der Waals surface area contributed by atoms with Crippen molar-refractivity contribution in [3.8, 4) is 5.75 Å². The first-order valence-electron chi connectivity index (χ1n) is 4.32.